The highest BCUT2D eigenvalue weighted by atomic mass is 16.5. The first-order valence-electron chi connectivity index (χ1n) is 11.4. The number of rotatable bonds is 9. The van der Waals surface area contributed by atoms with E-state index < -0.39 is 5.97 Å². The van der Waals surface area contributed by atoms with Crippen molar-refractivity contribution >= 4 is 16.9 Å². The first-order valence-corrected chi connectivity index (χ1v) is 11.4. The minimum absolute atomic E-state index is 0.120. The van der Waals surface area contributed by atoms with E-state index >= 15 is 0 Å². The summed E-state index contributed by atoms with van der Waals surface area (Å²) in [7, 11) is 0. The van der Waals surface area contributed by atoms with E-state index in [1.807, 2.05) is 6.92 Å². The maximum atomic E-state index is 11.3. The molecule has 6 nitrogen and oxygen atoms in total. The van der Waals surface area contributed by atoms with E-state index in [1.54, 1.807) is 24.3 Å². The van der Waals surface area contributed by atoms with Crippen molar-refractivity contribution in [1.29, 1.82) is 0 Å². The second-order valence-corrected chi connectivity index (χ2v) is 8.39. The monoisotopic (exact) mass is 446 g/mol. The first kappa shape index (κ1) is 22.9. The minimum atomic E-state index is -0.968. The molecule has 1 saturated heterocycles. The lowest BCUT2D eigenvalue weighted by Crippen LogP contribution is -2.35. The van der Waals surface area contributed by atoms with Crippen LogP contribution in [0.15, 0.2) is 54.7 Å². The lowest BCUT2D eigenvalue weighted by molar-refractivity contribution is 0.0414. The summed E-state index contributed by atoms with van der Waals surface area (Å²) >= 11 is 0. The predicted molar refractivity (Wildman–Crippen MR) is 129 cm³/mol. The van der Waals surface area contributed by atoms with Crippen LogP contribution in [-0.4, -0.2) is 53.4 Å². The second kappa shape index (κ2) is 10.6. The summed E-state index contributed by atoms with van der Waals surface area (Å²) in [6.07, 6.45) is 9.62. The summed E-state index contributed by atoms with van der Waals surface area (Å²) in [6, 6.07) is 15.2. The number of ether oxygens (including phenoxy) is 2. The fourth-order valence-electron chi connectivity index (χ4n) is 4.63. The molecule has 1 aromatic heterocycles. The Balaban J connectivity index is 1.36. The summed E-state index contributed by atoms with van der Waals surface area (Å²) in [5.74, 6) is 2.49. The van der Waals surface area contributed by atoms with E-state index in [4.69, 9.17) is 15.9 Å². The topological polar surface area (TPSA) is 63.9 Å². The van der Waals surface area contributed by atoms with Crippen molar-refractivity contribution < 1.29 is 19.4 Å². The molecule has 1 atom stereocenters. The molecule has 1 aliphatic rings. The van der Waals surface area contributed by atoms with Gasteiger partial charge in [0.1, 0.15) is 30.8 Å². The average Bonchev–Trinajstić information content (AvgIpc) is 3.23. The van der Waals surface area contributed by atoms with Crippen LogP contribution in [0.2, 0.25) is 0 Å². The van der Waals surface area contributed by atoms with Gasteiger partial charge >= 0.3 is 5.97 Å². The summed E-state index contributed by atoms with van der Waals surface area (Å²) in [6.45, 7) is 5.53. The van der Waals surface area contributed by atoms with Crippen molar-refractivity contribution in [3.8, 4) is 18.1 Å². The number of carbonyl (C=O) groups is 1. The van der Waals surface area contributed by atoms with Gasteiger partial charge in [-0.1, -0.05) is 36.3 Å². The van der Waals surface area contributed by atoms with Crippen LogP contribution in [0.5, 0.6) is 5.75 Å². The van der Waals surface area contributed by atoms with Crippen LogP contribution in [0.1, 0.15) is 47.8 Å². The highest BCUT2D eigenvalue weighted by Gasteiger charge is 2.24. The molecule has 1 N–H and O–H groups in total. The number of para-hydroxylation sites is 2. The molecular weight excluding hydrogens is 416 g/mol. The molecule has 0 bridgehead atoms. The number of likely N-dealkylation sites (tertiary alicyclic amines) is 1. The molecule has 2 heterocycles. The molecular formula is C27H30N2O4. The second-order valence-electron chi connectivity index (χ2n) is 8.39. The number of terminal acetylenes is 1. The van der Waals surface area contributed by atoms with Gasteiger partial charge in [-0.3, -0.25) is 4.90 Å². The van der Waals surface area contributed by atoms with E-state index in [-0.39, 0.29) is 11.8 Å². The lowest BCUT2D eigenvalue weighted by Gasteiger charge is -2.31. The third-order valence-corrected chi connectivity index (χ3v) is 6.38. The molecule has 1 unspecified atom stereocenters. The van der Waals surface area contributed by atoms with Crippen molar-refractivity contribution in [3.63, 3.8) is 0 Å². The van der Waals surface area contributed by atoms with E-state index in [0.29, 0.717) is 24.9 Å². The third-order valence-electron chi connectivity index (χ3n) is 6.38. The summed E-state index contributed by atoms with van der Waals surface area (Å²) < 4.78 is 13.7. The fourth-order valence-corrected chi connectivity index (χ4v) is 4.63. The zero-order chi connectivity index (χ0) is 23.2. The number of fused-ring (bicyclic) bond motifs is 1. The van der Waals surface area contributed by atoms with Gasteiger partial charge in [0.2, 0.25) is 0 Å². The number of nitrogens with zero attached hydrogens (tertiary/aromatic N) is 2. The molecule has 1 fully saturated rings. The Kier molecular flexibility index (Phi) is 7.33. The molecule has 0 saturated carbocycles. The SMILES string of the molecule is C#CCOC(C)n1cc(C2CCN(CCOc3ccccc3C(=O)O)CC2)c2ccccc21. The molecule has 0 amide bonds. The Morgan fingerprint density at radius 2 is 1.91 bits per heavy atom. The summed E-state index contributed by atoms with van der Waals surface area (Å²) in [5.41, 5.74) is 2.74. The number of aromatic nitrogens is 1. The van der Waals surface area contributed by atoms with Gasteiger partial charge in [0, 0.05) is 18.1 Å². The maximum Gasteiger partial charge on any atom is 0.339 e. The predicted octanol–water partition coefficient (Wildman–Crippen LogP) is 4.77. The number of piperidine rings is 1. The Hall–Kier alpha value is -3.27. The van der Waals surface area contributed by atoms with Gasteiger partial charge in [0.05, 0.1) is 5.52 Å². The van der Waals surface area contributed by atoms with Crippen molar-refractivity contribution in [2.45, 2.75) is 31.9 Å². The Morgan fingerprint density at radius 1 is 1.18 bits per heavy atom. The normalized spacial score (nSPS) is 15.9. The van der Waals surface area contributed by atoms with Crippen LogP contribution in [0, 0.1) is 12.3 Å². The average molecular weight is 447 g/mol. The van der Waals surface area contributed by atoms with Gasteiger partial charge in [-0.15, -0.1) is 6.42 Å². The van der Waals surface area contributed by atoms with Gasteiger partial charge in [-0.05, 0) is 62.5 Å². The van der Waals surface area contributed by atoms with Gasteiger partial charge in [0.25, 0.3) is 0 Å². The smallest absolute Gasteiger partial charge is 0.339 e. The molecule has 4 rings (SSSR count). The van der Waals surface area contributed by atoms with Gasteiger partial charge in [-0.25, -0.2) is 4.79 Å². The van der Waals surface area contributed by atoms with E-state index in [9.17, 15) is 9.90 Å². The van der Waals surface area contributed by atoms with Gasteiger partial charge in [-0.2, -0.15) is 0 Å². The van der Waals surface area contributed by atoms with Crippen molar-refractivity contribution in [2.75, 3.05) is 32.8 Å². The maximum absolute atomic E-state index is 11.3. The largest absolute Gasteiger partial charge is 0.491 e. The molecule has 33 heavy (non-hydrogen) atoms. The van der Waals surface area contributed by atoms with Crippen LogP contribution in [0.25, 0.3) is 10.9 Å². The standard InChI is InChI=1S/C27H30N2O4/c1-3-17-32-20(2)29-19-24(22-8-4-6-10-25(22)29)21-12-14-28(15-13-21)16-18-33-26-11-7-5-9-23(26)27(30)31/h1,4-11,19-21H,12-18H2,2H3,(H,30,31). The molecule has 0 aliphatic carbocycles. The van der Waals surface area contributed by atoms with Crippen LogP contribution < -0.4 is 4.74 Å². The number of carboxylic acid groups (broad SMARTS) is 1. The zero-order valence-electron chi connectivity index (χ0n) is 18.9. The number of aromatic carboxylic acids is 1. The van der Waals surface area contributed by atoms with Crippen molar-refractivity contribution in [3.05, 3.63) is 65.9 Å². The van der Waals surface area contributed by atoms with E-state index in [0.717, 1.165) is 32.5 Å². The minimum Gasteiger partial charge on any atom is -0.491 e. The molecule has 0 spiro atoms. The van der Waals surface area contributed by atoms with Crippen LogP contribution in [0.3, 0.4) is 0 Å². The summed E-state index contributed by atoms with van der Waals surface area (Å²) in [4.78, 5) is 13.7. The number of benzene rings is 2. The van der Waals surface area contributed by atoms with Crippen LogP contribution in [0.4, 0.5) is 0 Å². The zero-order valence-corrected chi connectivity index (χ0v) is 18.9. The molecule has 3 aromatic rings. The highest BCUT2D eigenvalue weighted by molar-refractivity contribution is 5.90. The van der Waals surface area contributed by atoms with E-state index in [1.165, 1.54) is 16.5 Å². The number of hydrogen-bond acceptors (Lipinski definition) is 4. The highest BCUT2D eigenvalue weighted by Crippen LogP contribution is 2.35. The third kappa shape index (κ3) is 5.22. The first-order chi connectivity index (χ1) is 16.1. The van der Waals surface area contributed by atoms with Crippen LogP contribution >= 0.6 is 0 Å². The lowest BCUT2D eigenvalue weighted by atomic mass is 9.89. The van der Waals surface area contributed by atoms with Crippen molar-refractivity contribution in [1.82, 2.24) is 9.47 Å². The quantitative estimate of drug-likeness (QED) is 0.480. The van der Waals surface area contributed by atoms with E-state index in [2.05, 4.69) is 45.8 Å². The number of carboxylic acids is 1. The molecule has 1 aliphatic heterocycles. The fraction of sp³-hybridized carbons (Fsp3) is 0.370. The van der Waals surface area contributed by atoms with Crippen molar-refractivity contribution in [2.24, 2.45) is 0 Å². The molecule has 6 heteroatoms. The summed E-state index contributed by atoms with van der Waals surface area (Å²) in [5, 5.41) is 10.6. The Labute approximate surface area is 194 Å². The van der Waals surface area contributed by atoms with Gasteiger partial charge in [0.15, 0.2) is 0 Å². The Bertz CT molecular complexity index is 1140. The Morgan fingerprint density at radius 3 is 2.67 bits per heavy atom. The molecule has 2 aromatic carbocycles. The number of hydrogen-bond donors (Lipinski definition) is 1. The van der Waals surface area contributed by atoms with Crippen LogP contribution in [-0.2, 0) is 4.74 Å². The molecule has 0 radical (unpaired) electrons. The molecule has 172 valence electrons. The van der Waals surface area contributed by atoms with Gasteiger partial charge < -0.3 is 19.1 Å².